The molecule has 1 aliphatic carbocycles. The molecule has 1 aromatic heterocycles. The van der Waals surface area contributed by atoms with Gasteiger partial charge in [-0.15, -0.1) is 0 Å². The van der Waals surface area contributed by atoms with Crippen LogP contribution in [0.2, 0.25) is 0 Å². The van der Waals surface area contributed by atoms with Gasteiger partial charge in [-0.25, -0.2) is 13.4 Å². The van der Waals surface area contributed by atoms with E-state index in [1.54, 1.807) is 16.5 Å². The van der Waals surface area contributed by atoms with Gasteiger partial charge in [0.2, 0.25) is 5.91 Å². The van der Waals surface area contributed by atoms with Gasteiger partial charge < -0.3 is 9.47 Å². The van der Waals surface area contributed by atoms with Crippen molar-refractivity contribution in [1.29, 1.82) is 0 Å². The minimum atomic E-state index is -3.86. The largest absolute Gasteiger partial charge is 0.341 e. The lowest BCUT2D eigenvalue weighted by Gasteiger charge is -2.17. The zero-order valence-corrected chi connectivity index (χ0v) is 12.4. The van der Waals surface area contributed by atoms with Gasteiger partial charge in [0.05, 0.1) is 0 Å². The molecule has 1 fully saturated rings. The Labute approximate surface area is 116 Å². The molecule has 0 atom stereocenters. The molecule has 19 heavy (non-hydrogen) atoms. The second kappa shape index (κ2) is 5.13. The van der Waals surface area contributed by atoms with E-state index in [2.05, 4.69) is 4.98 Å². The number of hydrogen-bond acceptors (Lipinski definition) is 4. The molecule has 1 heterocycles. The number of imidazole rings is 1. The number of hydrogen-bond donors (Lipinski definition) is 0. The number of rotatable bonds is 5. The van der Waals surface area contributed by atoms with E-state index >= 15 is 0 Å². The zero-order chi connectivity index (χ0) is 14.2. The van der Waals surface area contributed by atoms with Crippen molar-refractivity contribution in [2.45, 2.75) is 43.8 Å². The average molecular weight is 306 g/mol. The SMILES string of the molecule is CCc1nc(S(=O)(=O)Cl)cn1CC(=O)N(C)C1CC1. The number of aryl methyl sites for hydroxylation is 1. The molecule has 0 bridgehead atoms. The molecule has 1 aromatic rings. The van der Waals surface area contributed by atoms with Gasteiger partial charge in [-0.3, -0.25) is 4.79 Å². The van der Waals surface area contributed by atoms with Crippen LogP contribution in [0.1, 0.15) is 25.6 Å². The summed E-state index contributed by atoms with van der Waals surface area (Å²) in [7, 11) is 3.17. The fourth-order valence-corrected chi connectivity index (χ4v) is 2.58. The van der Waals surface area contributed by atoms with Gasteiger partial charge in [0.15, 0.2) is 5.03 Å². The lowest BCUT2D eigenvalue weighted by molar-refractivity contribution is -0.131. The average Bonchev–Trinajstić information content (AvgIpc) is 3.08. The second-order valence-electron chi connectivity index (χ2n) is 4.65. The zero-order valence-electron chi connectivity index (χ0n) is 10.8. The quantitative estimate of drug-likeness (QED) is 0.761. The van der Waals surface area contributed by atoms with E-state index in [9.17, 15) is 13.2 Å². The summed E-state index contributed by atoms with van der Waals surface area (Å²) in [5, 5.41) is -0.201. The van der Waals surface area contributed by atoms with Crippen molar-refractivity contribution in [2.75, 3.05) is 7.05 Å². The molecule has 0 aromatic carbocycles. The first-order valence-corrected chi connectivity index (χ1v) is 8.40. The third kappa shape index (κ3) is 3.27. The maximum Gasteiger partial charge on any atom is 0.280 e. The van der Waals surface area contributed by atoms with Crippen LogP contribution in [-0.2, 0) is 26.8 Å². The fraction of sp³-hybridized carbons (Fsp3) is 0.636. The van der Waals surface area contributed by atoms with E-state index < -0.39 is 9.05 Å². The van der Waals surface area contributed by atoms with Crippen molar-refractivity contribution >= 4 is 25.6 Å². The summed E-state index contributed by atoms with van der Waals surface area (Å²) < 4.78 is 24.0. The molecule has 1 aliphatic rings. The van der Waals surface area contributed by atoms with Gasteiger partial charge in [-0.1, -0.05) is 6.92 Å². The van der Waals surface area contributed by atoms with Crippen LogP contribution in [0.3, 0.4) is 0 Å². The normalized spacial score (nSPS) is 15.5. The van der Waals surface area contributed by atoms with Gasteiger partial charge in [-0.05, 0) is 12.8 Å². The smallest absolute Gasteiger partial charge is 0.280 e. The highest BCUT2D eigenvalue weighted by molar-refractivity contribution is 8.13. The Morgan fingerprint density at radius 3 is 2.68 bits per heavy atom. The van der Waals surface area contributed by atoms with Crippen LogP contribution in [0.15, 0.2) is 11.2 Å². The molecule has 8 heteroatoms. The lowest BCUT2D eigenvalue weighted by atomic mass is 10.4. The molecule has 2 rings (SSSR count). The standard InChI is InChI=1S/C11H16ClN3O3S/c1-3-9-13-10(19(12,17)18)6-15(9)7-11(16)14(2)8-4-5-8/h6,8H,3-5,7H2,1-2H3. The van der Waals surface area contributed by atoms with Crippen LogP contribution in [0.4, 0.5) is 0 Å². The molecule has 1 saturated carbocycles. The Balaban J connectivity index is 2.19. The topological polar surface area (TPSA) is 72.3 Å². The summed E-state index contributed by atoms with van der Waals surface area (Å²) in [6.45, 7) is 1.94. The number of carbonyl (C=O) groups excluding carboxylic acids is 1. The maximum absolute atomic E-state index is 12.0. The van der Waals surface area contributed by atoms with Crippen LogP contribution in [0, 0.1) is 0 Å². The Kier molecular flexibility index (Phi) is 3.87. The molecule has 106 valence electrons. The van der Waals surface area contributed by atoms with Crippen molar-refractivity contribution in [1.82, 2.24) is 14.5 Å². The second-order valence-corrected chi connectivity index (χ2v) is 7.16. The first-order chi connectivity index (χ1) is 8.82. The Morgan fingerprint density at radius 2 is 2.21 bits per heavy atom. The summed E-state index contributed by atoms with van der Waals surface area (Å²) in [6, 6.07) is 0.331. The molecule has 0 saturated heterocycles. The summed E-state index contributed by atoms with van der Waals surface area (Å²) in [5.41, 5.74) is 0. The number of nitrogens with zero attached hydrogens (tertiary/aromatic N) is 3. The van der Waals surface area contributed by atoms with E-state index in [1.807, 2.05) is 6.92 Å². The number of carbonyl (C=O) groups is 1. The minimum absolute atomic E-state index is 0.0480. The number of halogens is 1. The van der Waals surface area contributed by atoms with Gasteiger partial charge in [0, 0.05) is 36.4 Å². The van der Waals surface area contributed by atoms with Crippen molar-refractivity contribution < 1.29 is 13.2 Å². The van der Waals surface area contributed by atoms with E-state index in [1.165, 1.54) is 6.20 Å². The molecule has 0 aliphatic heterocycles. The van der Waals surface area contributed by atoms with E-state index in [-0.39, 0.29) is 17.5 Å². The van der Waals surface area contributed by atoms with Gasteiger partial charge >= 0.3 is 0 Å². The highest BCUT2D eigenvalue weighted by Crippen LogP contribution is 2.25. The number of amides is 1. The Hall–Kier alpha value is -1.08. The Morgan fingerprint density at radius 1 is 1.58 bits per heavy atom. The van der Waals surface area contributed by atoms with Gasteiger partial charge in [0.25, 0.3) is 9.05 Å². The van der Waals surface area contributed by atoms with E-state index in [0.717, 1.165) is 12.8 Å². The van der Waals surface area contributed by atoms with Gasteiger partial charge in [0.1, 0.15) is 12.4 Å². The van der Waals surface area contributed by atoms with Crippen LogP contribution in [-0.4, -0.2) is 41.9 Å². The van der Waals surface area contributed by atoms with E-state index in [0.29, 0.717) is 18.3 Å². The molecule has 0 unspecified atom stereocenters. The fourth-order valence-electron chi connectivity index (χ4n) is 1.89. The number of aromatic nitrogens is 2. The van der Waals surface area contributed by atoms with Crippen molar-refractivity contribution in [3.05, 3.63) is 12.0 Å². The predicted molar refractivity (Wildman–Crippen MR) is 70.4 cm³/mol. The third-order valence-electron chi connectivity index (χ3n) is 3.20. The molecule has 1 amide bonds. The highest BCUT2D eigenvalue weighted by atomic mass is 35.7. The number of likely N-dealkylation sites (N-methyl/N-ethyl adjacent to an activating group) is 1. The summed E-state index contributed by atoms with van der Waals surface area (Å²) >= 11 is 0. The van der Waals surface area contributed by atoms with Gasteiger partial charge in [-0.2, -0.15) is 0 Å². The van der Waals surface area contributed by atoms with Crippen molar-refractivity contribution in [3.63, 3.8) is 0 Å². The predicted octanol–water partition coefficient (Wildman–Crippen LogP) is 0.994. The first-order valence-electron chi connectivity index (χ1n) is 6.09. The molecule has 6 nitrogen and oxygen atoms in total. The third-order valence-corrected chi connectivity index (χ3v) is 4.37. The summed E-state index contributed by atoms with van der Waals surface area (Å²) in [6.07, 6.45) is 3.93. The molecule has 0 spiro atoms. The lowest BCUT2D eigenvalue weighted by Crippen LogP contribution is -2.32. The molecular weight excluding hydrogens is 290 g/mol. The summed E-state index contributed by atoms with van der Waals surface area (Å²) in [5.74, 6) is 0.491. The minimum Gasteiger partial charge on any atom is -0.341 e. The maximum atomic E-state index is 12.0. The van der Waals surface area contributed by atoms with Crippen LogP contribution < -0.4 is 0 Å². The summed E-state index contributed by atoms with van der Waals surface area (Å²) in [4.78, 5) is 17.7. The van der Waals surface area contributed by atoms with Crippen molar-refractivity contribution in [3.8, 4) is 0 Å². The molecular formula is C11H16ClN3O3S. The highest BCUT2D eigenvalue weighted by Gasteiger charge is 2.30. The van der Waals surface area contributed by atoms with Crippen LogP contribution >= 0.6 is 10.7 Å². The van der Waals surface area contributed by atoms with Crippen molar-refractivity contribution in [2.24, 2.45) is 0 Å². The van der Waals surface area contributed by atoms with E-state index in [4.69, 9.17) is 10.7 Å². The Bertz CT molecular complexity index is 592. The first kappa shape index (κ1) is 14.3. The molecule has 0 N–H and O–H groups in total. The monoisotopic (exact) mass is 305 g/mol. The molecule has 0 radical (unpaired) electrons. The van der Waals surface area contributed by atoms with Crippen LogP contribution in [0.25, 0.3) is 0 Å². The van der Waals surface area contributed by atoms with Crippen LogP contribution in [0.5, 0.6) is 0 Å².